The zero-order valence-electron chi connectivity index (χ0n) is 15.3. The Morgan fingerprint density at radius 1 is 1.00 bits per heavy atom. The molecule has 3 aromatic rings. The molecule has 0 amide bonds. The first-order valence-corrected chi connectivity index (χ1v) is 8.89. The molecule has 0 fully saturated rings. The van der Waals surface area contributed by atoms with E-state index in [0.29, 0.717) is 35.3 Å². The number of carbonyl (C=O) groups is 1. The van der Waals surface area contributed by atoms with Gasteiger partial charge in [-0.1, -0.05) is 26.0 Å². The van der Waals surface area contributed by atoms with Gasteiger partial charge in [0.05, 0.1) is 17.4 Å². The minimum atomic E-state index is -0.505. The summed E-state index contributed by atoms with van der Waals surface area (Å²) >= 11 is 0. The lowest BCUT2D eigenvalue weighted by Gasteiger charge is -2.14. The number of hydrogen-bond donors (Lipinski definition) is 0. The Labute approximate surface area is 155 Å². The Morgan fingerprint density at radius 3 is 2.33 bits per heavy atom. The van der Waals surface area contributed by atoms with E-state index < -0.39 is 11.5 Å². The summed E-state index contributed by atoms with van der Waals surface area (Å²) in [5.41, 5.74) is -0.118. The minimum Gasteiger partial charge on any atom is -0.292 e. The molecule has 6 heteroatoms. The van der Waals surface area contributed by atoms with E-state index >= 15 is 0 Å². The van der Waals surface area contributed by atoms with Crippen LogP contribution in [0.3, 0.4) is 0 Å². The Bertz CT molecular complexity index is 1100. The van der Waals surface area contributed by atoms with Gasteiger partial charge in [-0.25, -0.2) is 9.18 Å². The molecule has 0 saturated heterocycles. The molecule has 140 valence electrons. The molecular weight excluding hydrogens is 347 g/mol. The van der Waals surface area contributed by atoms with Crippen molar-refractivity contribution < 1.29 is 9.18 Å². The molecule has 1 heterocycles. The number of nitrogens with zero attached hydrogens (tertiary/aromatic N) is 2. The molecule has 0 bridgehead atoms. The fourth-order valence-corrected chi connectivity index (χ4v) is 2.98. The number of fused-ring (bicyclic) bond motifs is 1. The van der Waals surface area contributed by atoms with E-state index in [0.717, 1.165) is 0 Å². The molecule has 2 aromatic carbocycles. The molecular formula is C21H21FN2O3. The highest BCUT2D eigenvalue weighted by molar-refractivity contribution is 5.96. The zero-order chi connectivity index (χ0) is 19.6. The molecule has 0 atom stereocenters. The quantitative estimate of drug-likeness (QED) is 0.628. The third-order valence-corrected chi connectivity index (χ3v) is 4.53. The van der Waals surface area contributed by atoms with E-state index in [9.17, 15) is 18.8 Å². The van der Waals surface area contributed by atoms with Crippen LogP contribution in [0.2, 0.25) is 0 Å². The van der Waals surface area contributed by atoms with Gasteiger partial charge in [0, 0.05) is 12.1 Å². The molecule has 0 saturated carbocycles. The van der Waals surface area contributed by atoms with Gasteiger partial charge in [0.1, 0.15) is 5.82 Å². The third-order valence-electron chi connectivity index (χ3n) is 4.53. The average molecular weight is 368 g/mol. The number of carbonyl (C=O) groups excluding carboxylic acids is 1. The standard InChI is InChI=1S/C21H21FN2O3/c1-14(2)11-12-23-20(26)17-5-3-4-6-18(17)24(21(23)27)13-19(25)15-7-9-16(22)10-8-15/h3-10,14H,11-13H2,1-2H3. The van der Waals surface area contributed by atoms with Crippen LogP contribution in [0.5, 0.6) is 0 Å². The van der Waals surface area contributed by atoms with Crippen LogP contribution in [0.1, 0.15) is 30.6 Å². The first kappa shape index (κ1) is 18.8. The lowest BCUT2D eigenvalue weighted by atomic mass is 10.1. The van der Waals surface area contributed by atoms with Gasteiger partial charge in [-0.15, -0.1) is 0 Å². The maximum absolute atomic E-state index is 13.1. The van der Waals surface area contributed by atoms with Crippen LogP contribution in [0.15, 0.2) is 58.1 Å². The number of halogens is 1. The predicted octanol–water partition coefficient (Wildman–Crippen LogP) is 3.23. The highest BCUT2D eigenvalue weighted by Crippen LogP contribution is 2.11. The summed E-state index contributed by atoms with van der Waals surface area (Å²) in [6.45, 7) is 4.11. The van der Waals surface area contributed by atoms with Gasteiger partial charge in [-0.05, 0) is 48.7 Å². The average Bonchev–Trinajstić information content (AvgIpc) is 2.65. The first-order valence-electron chi connectivity index (χ1n) is 8.89. The minimum absolute atomic E-state index is 0.215. The number of Topliss-reactive ketones (excluding diaryl/α,β-unsaturated/α-hetero) is 1. The summed E-state index contributed by atoms with van der Waals surface area (Å²) < 4.78 is 15.6. The Kier molecular flexibility index (Phi) is 5.35. The van der Waals surface area contributed by atoms with Crippen LogP contribution >= 0.6 is 0 Å². The maximum atomic E-state index is 13.1. The van der Waals surface area contributed by atoms with Gasteiger partial charge < -0.3 is 0 Å². The second-order valence-corrected chi connectivity index (χ2v) is 6.96. The summed E-state index contributed by atoms with van der Waals surface area (Å²) in [5.74, 6) is -0.426. The molecule has 0 unspecified atom stereocenters. The van der Waals surface area contributed by atoms with Gasteiger partial charge in [-0.3, -0.25) is 18.7 Å². The van der Waals surface area contributed by atoms with Gasteiger partial charge in [0.15, 0.2) is 5.78 Å². The van der Waals surface area contributed by atoms with Crippen molar-refractivity contribution in [3.8, 4) is 0 Å². The molecule has 0 radical (unpaired) electrons. The largest absolute Gasteiger partial charge is 0.331 e. The molecule has 3 rings (SSSR count). The topological polar surface area (TPSA) is 61.1 Å². The van der Waals surface area contributed by atoms with Crippen LogP contribution < -0.4 is 11.2 Å². The van der Waals surface area contributed by atoms with Crippen molar-refractivity contribution in [3.05, 3.63) is 80.7 Å². The molecule has 0 aliphatic carbocycles. The van der Waals surface area contributed by atoms with Crippen molar-refractivity contribution in [2.45, 2.75) is 33.4 Å². The highest BCUT2D eigenvalue weighted by atomic mass is 19.1. The van der Waals surface area contributed by atoms with Gasteiger partial charge in [0.2, 0.25) is 0 Å². The molecule has 0 aliphatic rings. The van der Waals surface area contributed by atoms with Crippen LogP contribution in [0, 0.1) is 11.7 Å². The van der Waals surface area contributed by atoms with Crippen LogP contribution in [0.4, 0.5) is 4.39 Å². The molecule has 0 aliphatic heterocycles. The second kappa shape index (κ2) is 7.70. The molecule has 5 nitrogen and oxygen atoms in total. The first-order chi connectivity index (χ1) is 12.9. The Morgan fingerprint density at radius 2 is 1.67 bits per heavy atom. The third kappa shape index (κ3) is 3.89. The number of para-hydroxylation sites is 1. The summed E-state index contributed by atoms with van der Waals surface area (Å²) in [6.07, 6.45) is 0.680. The van der Waals surface area contributed by atoms with Crippen molar-refractivity contribution >= 4 is 16.7 Å². The number of rotatable bonds is 6. The van der Waals surface area contributed by atoms with Crippen molar-refractivity contribution in [1.29, 1.82) is 0 Å². The van der Waals surface area contributed by atoms with E-state index in [2.05, 4.69) is 0 Å². The van der Waals surface area contributed by atoms with E-state index in [1.54, 1.807) is 24.3 Å². The van der Waals surface area contributed by atoms with Crippen LogP contribution in [-0.4, -0.2) is 14.9 Å². The van der Waals surface area contributed by atoms with E-state index in [4.69, 9.17) is 0 Å². The zero-order valence-corrected chi connectivity index (χ0v) is 15.3. The Hall–Kier alpha value is -3.02. The van der Waals surface area contributed by atoms with Gasteiger partial charge >= 0.3 is 5.69 Å². The monoisotopic (exact) mass is 368 g/mol. The van der Waals surface area contributed by atoms with Crippen LogP contribution in [-0.2, 0) is 13.1 Å². The van der Waals surface area contributed by atoms with E-state index in [1.165, 1.54) is 33.4 Å². The molecule has 0 spiro atoms. The fourth-order valence-electron chi connectivity index (χ4n) is 2.98. The van der Waals surface area contributed by atoms with E-state index in [-0.39, 0.29) is 17.9 Å². The lowest BCUT2D eigenvalue weighted by molar-refractivity contribution is 0.0971. The van der Waals surface area contributed by atoms with Crippen molar-refractivity contribution in [1.82, 2.24) is 9.13 Å². The van der Waals surface area contributed by atoms with Gasteiger partial charge in [0.25, 0.3) is 5.56 Å². The lowest BCUT2D eigenvalue weighted by Crippen LogP contribution is -2.41. The number of benzene rings is 2. The van der Waals surface area contributed by atoms with E-state index in [1.807, 2.05) is 13.8 Å². The van der Waals surface area contributed by atoms with Gasteiger partial charge in [-0.2, -0.15) is 0 Å². The van der Waals surface area contributed by atoms with Crippen molar-refractivity contribution in [2.24, 2.45) is 5.92 Å². The predicted molar refractivity (Wildman–Crippen MR) is 103 cm³/mol. The summed E-state index contributed by atoms with van der Waals surface area (Å²) in [5, 5.41) is 0.396. The fraction of sp³-hybridized carbons (Fsp3) is 0.286. The normalized spacial score (nSPS) is 11.3. The van der Waals surface area contributed by atoms with Crippen molar-refractivity contribution in [3.63, 3.8) is 0 Å². The second-order valence-electron chi connectivity index (χ2n) is 6.96. The maximum Gasteiger partial charge on any atom is 0.331 e. The molecule has 1 aromatic heterocycles. The van der Waals surface area contributed by atoms with Crippen molar-refractivity contribution in [2.75, 3.05) is 0 Å². The highest BCUT2D eigenvalue weighted by Gasteiger charge is 2.16. The SMILES string of the molecule is CC(C)CCn1c(=O)c2ccccc2n(CC(=O)c2ccc(F)cc2)c1=O. The molecule has 27 heavy (non-hydrogen) atoms. The number of hydrogen-bond acceptors (Lipinski definition) is 3. The van der Waals surface area contributed by atoms with Crippen LogP contribution in [0.25, 0.3) is 10.9 Å². The number of aromatic nitrogens is 2. The summed E-state index contributed by atoms with van der Waals surface area (Å²) in [7, 11) is 0. The summed E-state index contributed by atoms with van der Waals surface area (Å²) in [4.78, 5) is 38.3. The summed E-state index contributed by atoms with van der Waals surface area (Å²) in [6, 6.07) is 11.9. The molecule has 0 N–H and O–H groups in total. The smallest absolute Gasteiger partial charge is 0.292 e. The Balaban J connectivity index is 2.10. The number of ketones is 1.